The van der Waals surface area contributed by atoms with E-state index in [1.54, 1.807) is 12.2 Å². The van der Waals surface area contributed by atoms with Gasteiger partial charge >= 0.3 is 0 Å². The van der Waals surface area contributed by atoms with Gasteiger partial charge in [0.05, 0.1) is 21.9 Å². The number of carbonyl (C=O) groups excluding carboxylic acids is 3. The van der Waals surface area contributed by atoms with Gasteiger partial charge < -0.3 is 0 Å². The standard InChI is InChI=1S/C22H17N3O5S3/c23-33(29,30)16-11-9-15(10-12-16)24-19(26)13-17(20(24)27)25-21(28)18(32-22(25)31)8-4-7-14-5-2-1-3-6-14/h1-12,17H,13H2,(H2,23,29,30)/b7-4+,18-8-. The molecule has 33 heavy (non-hydrogen) atoms. The van der Waals surface area contributed by atoms with Crippen molar-refractivity contribution in [2.24, 2.45) is 5.14 Å². The number of rotatable bonds is 5. The van der Waals surface area contributed by atoms with Crippen LogP contribution in [0.2, 0.25) is 0 Å². The number of sulfonamides is 1. The van der Waals surface area contributed by atoms with Gasteiger partial charge in [-0.25, -0.2) is 18.5 Å². The van der Waals surface area contributed by atoms with E-state index in [1.165, 1.54) is 29.2 Å². The number of allylic oxidation sites excluding steroid dienone is 2. The molecule has 0 radical (unpaired) electrons. The molecule has 2 aliphatic rings. The number of thioether (sulfide) groups is 1. The first kappa shape index (κ1) is 23.1. The molecule has 2 aliphatic heterocycles. The third-order valence-electron chi connectivity index (χ3n) is 5.02. The minimum Gasteiger partial charge on any atom is -0.280 e. The highest BCUT2D eigenvalue weighted by atomic mass is 32.2. The van der Waals surface area contributed by atoms with Crippen molar-refractivity contribution in [1.29, 1.82) is 0 Å². The predicted molar refractivity (Wildman–Crippen MR) is 129 cm³/mol. The minimum atomic E-state index is -3.91. The van der Waals surface area contributed by atoms with Gasteiger partial charge in [0.15, 0.2) is 0 Å². The summed E-state index contributed by atoms with van der Waals surface area (Å²) in [6.45, 7) is 0. The van der Waals surface area contributed by atoms with Crippen molar-refractivity contribution in [2.45, 2.75) is 17.4 Å². The molecule has 2 fully saturated rings. The Balaban J connectivity index is 1.53. The third-order valence-corrected chi connectivity index (χ3v) is 7.30. The molecule has 1 unspecified atom stereocenters. The lowest BCUT2D eigenvalue weighted by Gasteiger charge is -2.21. The first-order chi connectivity index (χ1) is 15.7. The van der Waals surface area contributed by atoms with Gasteiger partial charge in [0, 0.05) is 0 Å². The Morgan fingerprint density at radius 2 is 1.70 bits per heavy atom. The van der Waals surface area contributed by atoms with Crippen LogP contribution in [0.4, 0.5) is 5.69 Å². The molecule has 2 aromatic rings. The van der Waals surface area contributed by atoms with E-state index < -0.39 is 33.8 Å². The van der Waals surface area contributed by atoms with Crippen LogP contribution in [0.15, 0.2) is 76.5 Å². The van der Waals surface area contributed by atoms with Crippen LogP contribution >= 0.6 is 24.0 Å². The van der Waals surface area contributed by atoms with E-state index in [0.29, 0.717) is 4.91 Å². The average molecular weight is 500 g/mol. The first-order valence-electron chi connectivity index (χ1n) is 9.65. The molecule has 168 valence electrons. The number of nitrogens with two attached hydrogens (primary N) is 1. The summed E-state index contributed by atoms with van der Waals surface area (Å²) in [6, 6.07) is 13.5. The second-order valence-electron chi connectivity index (χ2n) is 7.17. The van der Waals surface area contributed by atoms with Crippen LogP contribution in [-0.4, -0.2) is 41.4 Å². The molecule has 11 heteroatoms. The zero-order chi connectivity index (χ0) is 23.8. The number of hydrogen-bond acceptors (Lipinski definition) is 7. The maximum Gasteiger partial charge on any atom is 0.266 e. The fourth-order valence-corrected chi connectivity index (χ4v) is 5.27. The normalized spacial score (nSPS) is 20.6. The molecule has 0 saturated carbocycles. The summed E-state index contributed by atoms with van der Waals surface area (Å²) in [5.41, 5.74) is 1.15. The Kier molecular flexibility index (Phi) is 6.30. The van der Waals surface area contributed by atoms with Crippen molar-refractivity contribution in [3.8, 4) is 0 Å². The van der Waals surface area contributed by atoms with E-state index in [-0.39, 0.29) is 21.3 Å². The monoisotopic (exact) mass is 499 g/mol. The number of benzene rings is 2. The fraction of sp³-hybridized carbons (Fsp3) is 0.0909. The van der Waals surface area contributed by atoms with Crippen molar-refractivity contribution in [3.05, 3.63) is 77.2 Å². The molecule has 2 saturated heterocycles. The summed E-state index contributed by atoms with van der Waals surface area (Å²) < 4.78 is 23.1. The summed E-state index contributed by atoms with van der Waals surface area (Å²) in [6.07, 6.45) is 4.96. The van der Waals surface area contributed by atoms with Crippen molar-refractivity contribution in [2.75, 3.05) is 4.90 Å². The van der Waals surface area contributed by atoms with Gasteiger partial charge in [0.2, 0.25) is 15.9 Å². The minimum absolute atomic E-state index is 0.146. The molecule has 0 aromatic heterocycles. The Morgan fingerprint density at radius 1 is 1.03 bits per heavy atom. The number of nitrogens with zero attached hydrogens (tertiary/aromatic N) is 2. The summed E-state index contributed by atoms with van der Waals surface area (Å²) in [7, 11) is -3.91. The number of primary sulfonamides is 1. The number of imide groups is 1. The Bertz CT molecular complexity index is 1320. The van der Waals surface area contributed by atoms with Gasteiger partial charge in [0.25, 0.3) is 11.8 Å². The van der Waals surface area contributed by atoms with E-state index in [4.69, 9.17) is 17.4 Å². The van der Waals surface area contributed by atoms with Crippen LogP contribution in [0.5, 0.6) is 0 Å². The van der Waals surface area contributed by atoms with Crippen LogP contribution in [0.3, 0.4) is 0 Å². The molecular weight excluding hydrogens is 482 g/mol. The molecule has 2 aromatic carbocycles. The SMILES string of the molecule is NS(=O)(=O)c1ccc(N2C(=O)CC(N3C(=O)/C(=C/C=C/c4ccccc4)SC3=S)C2=O)cc1. The zero-order valence-corrected chi connectivity index (χ0v) is 19.4. The van der Waals surface area contributed by atoms with Gasteiger partial charge in [-0.3, -0.25) is 19.3 Å². The van der Waals surface area contributed by atoms with Gasteiger partial charge in [-0.1, -0.05) is 66.5 Å². The highest BCUT2D eigenvalue weighted by molar-refractivity contribution is 8.26. The lowest BCUT2D eigenvalue weighted by atomic mass is 10.2. The van der Waals surface area contributed by atoms with Gasteiger partial charge in [-0.05, 0) is 35.9 Å². The van der Waals surface area contributed by atoms with Crippen LogP contribution in [0, 0.1) is 0 Å². The summed E-state index contributed by atoms with van der Waals surface area (Å²) in [5.74, 6) is -1.57. The molecule has 8 nitrogen and oxygen atoms in total. The first-order valence-corrected chi connectivity index (χ1v) is 12.4. The summed E-state index contributed by atoms with van der Waals surface area (Å²) in [4.78, 5) is 40.9. The molecule has 4 rings (SSSR count). The molecule has 2 heterocycles. The lowest BCUT2D eigenvalue weighted by Crippen LogP contribution is -2.44. The second kappa shape index (κ2) is 9.02. The lowest BCUT2D eigenvalue weighted by molar-refractivity contribution is -0.130. The molecule has 0 aliphatic carbocycles. The highest BCUT2D eigenvalue weighted by Crippen LogP contribution is 2.36. The number of hydrogen-bond donors (Lipinski definition) is 1. The Labute approximate surface area is 199 Å². The van der Waals surface area contributed by atoms with Crippen LogP contribution in [0.25, 0.3) is 6.08 Å². The largest absolute Gasteiger partial charge is 0.280 e. The van der Waals surface area contributed by atoms with E-state index in [2.05, 4.69) is 0 Å². The Morgan fingerprint density at radius 3 is 2.33 bits per heavy atom. The second-order valence-corrected chi connectivity index (χ2v) is 10.4. The quantitative estimate of drug-likeness (QED) is 0.381. The van der Waals surface area contributed by atoms with Crippen molar-refractivity contribution in [1.82, 2.24) is 4.90 Å². The highest BCUT2D eigenvalue weighted by Gasteiger charge is 2.48. The summed E-state index contributed by atoms with van der Waals surface area (Å²) in [5, 5.41) is 5.08. The number of carbonyl (C=O) groups is 3. The molecule has 3 amide bonds. The molecule has 0 bridgehead atoms. The average Bonchev–Trinajstić information content (AvgIpc) is 3.22. The van der Waals surface area contributed by atoms with Crippen LogP contribution in [0.1, 0.15) is 12.0 Å². The van der Waals surface area contributed by atoms with Gasteiger partial charge in [-0.15, -0.1) is 0 Å². The number of anilines is 1. The zero-order valence-electron chi connectivity index (χ0n) is 17.0. The van der Waals surface area contributed by atoms with Crippen molar-refractivity contribution in [3.63, 3.8) is 0 Å². The molecule has 1 atom stereocenters. The van der Waals surface area contributed by atoms with E-state index in [1.807, 2.05) is 36.4 Å². The van der Waals surface area contributed by atoms with Gasteiger partial charge in [0.1, 0.15) is 10.4 Å². The number of thiocarbonyl (C=S) groups is 1. The van der Waals surface area contributed by atoms with E-state index in [9.17, 15) is 22.8 Å². The van der Waals surface area contributed by atoms with Crippen molar-refractivity contribution >= 4 is 67.8 Å². The number of amides is 3. The Hall–Kier alpha value is -3.12. The molecule has 0 spiro atoms. The van der Waals surface area contributed by atoms with Crippen LogP contribution < -0.4 is 10.0 Å². The van der Waals surface area contributed by atoms with Crippen LogP contribution in [-0.2, 0) is 24.4 Å². The topological polar surface area (TPSA) is 118 Å². The smallest absolute Gasteiger partial charge is 0.266 e. The van der Waals surface area contributed by atoms with Gasteiger partial charge in [-0.2, -0.15) is 0 Å². The molecule has 2 N–H and O–H groups in total. The summed E-state index contributed by atoms with van der Waals surface area (Å²) >= 11 is 6.38. The fourth-order valence-electron chi connectivity index (χ4n) is 3.45. The molecular formula is C22H17N3O5S3. The third kappa shape index (κ3) is 4.67. The maximum absolute atomic E-state index is 13.0. The van der Waals surface area contributed by atoms with E-state index >= 15 is 0 Å². The van der Waals surface area contributed by atoms with Crippen molar-refractivity contribution < 1.29 is 22.8 Å². The van der Waals surface area contributed by atoms with E-state index in [0.717, 1.165) is 22.2 Å². The predicted octanol–water partition coefficient (Wildman–Crippen LogP) is 2.42. The maximum atomic E-state index is 13.0.